The van der Waals surface area contributed by atoms with Gasteiger partial charge >= 0.3 is 5.97 Å². The van der Waals surface area contributed by atoms with E-state index in [2.05, 4.69) is 0 Å². The van der Waals surface area contributed by atoms with E-state index < -0.39 is 11.9 Å². The monoisotopic (exact) mass is 268 g/mol. The summed E-state index contributed by atoms with van der Waals surface area (Å²) in [4.78, 5) is 34.0. The van der Waals surface area contributed by atoms with Gasteiger partial charge in [-0.15, -0.1) is 0 Å². The molecule has 20 heavy (non-hydrogen) atoms. The van der Waals surface area contributed by atoms with Crippen LogP contribution in [0.5, 0.6) is 0 Å². The lowest BCUT2D eigenvalue weighted by molar-refractivity contribution is -0.140. The number of carboxylic acid groups (broad SMARTS) is 1. The second-order valence-electron chi connectivity index (χ2n) is 4.27. The molecule has 0 fully saturated rings. The molecule has 1 atom stereocenters. The molecule has 0 saturated carbocycles. The van der Waals surface area contributed by atoms with Crippen molar-refractivity contribution in [2.45, 2.75) is 5.92 Å². The summed E-state index contributed by atoms with van der Waals surface area (Å²) in [6.07, 6.45) is 0.356. The van der Waals surface area contributed by atoms with E-state index in [4.69, 9.17) is 5.11 Å². The number of ketones is 1. The summed E-state index contributed by atoms with van der Waals surface area (Å²) in [6.45, 7) is 0. The van der Waals surface area contributed by atoms with Gasteiger partial charge in [-0.1, -0.05) is 48.5 Å². The molecule has 0 spiro atoms. The van der Waals surface area contributed by atoms with Crippen LogP contribution in [0.2, 0.25) is 0 Å². The smallest absolute Gasteiger partial charge is 0.318 e. The topological polar surface area (TPSA) is 71.4 Å². The number of hydrogen-bond acceptors (Lipinski definition) is 3. The van der Waals surface area contributed by atoms with Crippen LogP contribution >= 0.6 is 0 Å². The Morgan fingerprint density at radius 2 is 1.60 bits per heavy atom. The lowest BCUT2D eigenvalue weighted by atomic mass is 9.95. The Balaban J connectivity index is 2.37. The predicted octanol–water partition coefficient (Wildman–Crippen LogP) is 2.28. The van der Waals surface area contributed by atoms with Gasteiger partial charge in [0.05, 0.1) is 0 Å². The van der Waals surface area contributed by atoms with Gasteiger partial charge in [0.25, 0.3) is 0 Å². The summed E-state index contributed by atoms with van der Waals surface area (Å²) in [5.41, 5.74) is 1.18. The third-order valence-corrected chi connectivity index (χ3v) is 2.95. The number of rotatable bonds is 5. The molecule has 2 aromatic rings. The van der Waals surface area contributed by atoms with E-state index in [0.717, 1.165) is 0 Å². The van der Waals surface area contributed by atoms with E-state index in [9.17, 15) is 14.4 Å². The zero-order valence-corrected chi connectivity index (χ0v) is 10.5. The summed E-state index contributed by atoms with van der Waals surface area (Å²) >= 11 is 0. The van der Waals surface area contributed by atoms with Gasteiger partial charge in [0.2, 0.25) is 0 Å². The lowest BCUT2D eigenvalue weighted by Gasteiger charge is -2.07. The van der Waals surface area contributed by atoms with Gasteiger partial charge in [0, 0.05) is 11.1 Å². The zero-order chi connectivity index (χ0) is 14.5. The molecule has 0 aromatic heterocycles. The van der Waals surface area contributed by atoms with Crippen LogP contribution in [0.1, 0.15) is 27.4 Å². The minimum Gasteiger partial charge on any atom is -0.480 e. The number of carbonyl (C=O) groups is 3. The molecule has 0 heterocycles. The number of benzene rings is 2. The number of aldehydes is 1. The van der Waals surface area contributed by atoms with Crippen LogP contribution in [0.25, 0.3) is 0 Å². The Morgan fingerprint density at radius 3 is 2.20 bits per heavy atom. The van der Waals surface area contributed by atoms with E-state index in [0.29, 0.717) is 23.0 Å². The van der Waals surface area contributed by atoms with Gasteiger partial charge in [-0.2, -0.15) is 0 Å². The van der Waals surface area contributed by atoms with E-state index in [1.165, 1.54) is 12.1 Å². The first-order valence-electron chi connectivity index (χ1n) is 6.01. The van der Waals surface area contributed by atoms with Crippen LogP contribution in [-0.4, -0.2) is 23.1 Å². The van der Waals surface area contributed by atoms with Gasteiger partial charge in [-0.05, 0) is 11.6 Å². The molecule has 0 aliphatic carbocycles. The summed E-state index contributed by atoms with van der Waals surface area (Å²) < 4.78 is 0. The van der Waals surface area contributed by atoms with Gasteiger partial charge in [0.1, 0.15) is 12.2 Å². The fraction of sp³-hybridized carbons (Fsp3) is 0.0625. The van der Waals surface area contributed by atoms with Crippen molar-refractivity contribution in [1.29, 1.82) is 0 Å². The molecular weight excluding hydrogens is 256 g/mol. The normalized spacial score (nSPS) is 11.6. The third kappa shape index (κ3) is 2.80. The third-order valence-electron chi connectivity index (χ3n) is 2.95. The van der Waals surface area contributed by atoms with Crippen LogP contribution < -0.4 is 0 Å². The first-order valence-corrected chi connectivity index (χ1v) is 6.01. The highest BCUT2D eigenvalue weighted by molar-refractivity contribution is 6.09. The minimum absolute atomic E-state index is 0.206. The summed E-state index contributed by atoms with van der Waals surface area (Å²) in [5, 5.41) is 8.96. The Kier molecular flexibility index (Phi) is 4.05. The highest BCUT2D eigenvalue weighted by Gasteiger charge is 2.20. The van der Waals surface area contributed by atoms with E-state index in [1.54, 1.807) is 42.5 Å². The molecule has 0 saturated heterocycles. The Bertz CT molecular complexity index is 647. The van der Waals surface area contributed by atoms with Crippen LogP contribution in [-0.2, 0) is 9.59 Å². The molecule has 100 valence electrons. The van der Waals surface area contributed by atoms with Crippen LogP contribution in [0.4, 0.5) is 0 Å². The van der Waals surface area contributed by atoms with Crippen molar-refractivity contribution in [2.24, 2.45) is 0 Å². The van der Waals surface area contributed by atoms with Crippen molar-refractivity contribution in [2.75, 3.05) is 0 Å². The largest absolute Gasteiger partial charge is 0.480 e. The molecule has 0 radical (unpaired) electrons. The second kappa shape index (κ2) is 5.93. The maximum absolute atomic E-state index is 12.2. The molecule has 2 aromatic carbocycles. The first kappa shape index (κ1) is 13.7. The number of carbonyl (C=O) groups excluding carboxylic acids is 2. The average molecular weight is 268 g/mol. The van der Waals surface area contributed by atoms with Crippen molar-refractivity contribution in [3.05, 3.63) is 71.3 Å². The Hall–Kier alpha value is -2.75. The van der Waals surface area contributed by atoms with Gasteiger partial charge in [0.15, 0.2) is 5.78 Å². The maximum atomic E-state index is 12.2. The maximum Gasteiger partial charge on any atom is 0.318 e. The standard InChI is InChI=1S/C16H12O4/c17-10-14(16(19)20)12-7-4-8-13(9-12)15(18)11-5-2-1-3-6-11/h1-10,14H,(H,19,20). The summed E-state index contributed by atoms with van der Waals surface area (Å²) in [5.74, 6) is -2.69. The highest BCUT2D eigenvalue weighted by atomic mass is 16.4. The van der Waals surface area contributed by atoms with Crippen LogP contribution in [0.15, 0.2) is 54.6 Å². The highest BCUT2D eigenvalue weighted by Crippen LogP contribution is 2.18. The summed E-state index contributed by atoms with van der Waals surface area (Å²) in [6, 6.07) is 14.8. The van der Waals surface area contributed by atoms with Crippen molar-refractivity contribution in [3.63, 3.8) is 0 Å². The van der Waals surface area contributed by atoms with E-state index in [1.807, 2.05) is 0 Å². The fourth-order valence-corrected chi connectivity index (χ4v) is 1.91. The molecule has 0 aliphatic heterocycles. The van der Waals surface area contributed by atoms with Crippen LogP contribution in [0.3, 0.4) is 0 Å². The zero-order valence-electron chi connectivity index (χ0n) is 10.5. The predicted molar refractivity (Wildman–Crippen MR) is 72.8 cm³/mol. The van der Waals surface area contributed by atoms with E-state index >= 15 is 0 Å². The summed E-state index contributed by atoms with van der Waals surface area (Å²) in [7, 11) is 0. The van der Waals surface area contributed by atoms with Crippen molar-refractivity contribution in [1.82, 2.24) is 0 Å². The molecule has 2 rings (SSSR count). The molecule has 4 nitrogen and oxygen atoms in total. The van der Waals surface area contributed by atoms with Crippen molar-refractivity contribution < 1.29 is 19.5 Å². The Morgan fingerprint density at radius 1 is 0.950 bits per heavy atom. The SMILES string of the molecule is O=CC(C(=O)O)c1cccc(C(=O)c2ccccc2)c1. The quantitative estimate of drug-likeness (QED) is 0.513. The number of hydrogen-bond donors (Lipinski definition) is 1. The molecule has 0 bridgehead atoms. The van der Waals surface area contributed by atoms with Crippen LogP contribution in [0, 0.1) is 0 Å². The van der Waals surface area contributed by atoms with Gasteiger partial charge < -0.3 is 9.90 Å². The molecule has 0 aliphatic rings. The molecular formula is C16H12O4. The minimum atomic E-state index is -1.25. The van der Waals surface area contributed by atoms with Crippen molar-refractivity contribution >= 4 is 18.0 Å². The lowest BCUT2D eigenvalue weighted by Crippen LogP contribution is -2.13. The molecule has 1 unspecified atom stereocenters. The van der Waals surface area contributed by atoms with Gasteiger partial charge in [-0.25, -0.2) is 0 Å². The van der Waals surface area contributed by atoms with E-state index in [-0.39, 0.29) is 5.78 Å². The number of aliphatic carboxylic acids is 1. The Labute approximate surface area is 115 Å². The average Bonchev–Trinajstić information content (AvgIpc) is 2.48. The molecule has 0 amide bonds. The molecule has 4 heteroatoms. The second-order valence-corrected chi connectivity index (χ2v) is 4.27. The van der Waals surface area contributed by atoms with Gasteiger partial charge in [-0.3, -0.25) is 9.59 Å². The number of carboxylic acids is 1. The first-order chi connectivity index (χ1) is 9.63. The fourth-order valence-electron chi connectivity index (χ4n) is 1.91. The molecule has 1 N–H and O–H groups in total. The van der Waals surface area contributed by atoms with Crippen molar-refractivity contribution in [3.8, 4) is 0 Å².